The minimum Gasteiger partial charge on any atom is -0.477 e. The van der Waals surface area contributed by atoms with Crippen molar-refractivity contribution in [2.45, 2.75) is 32.2 Å². The summed E-state index contributed by atoms with van der Waals surface area (Å²) in [6.45, 7) is 6.85. The Morgan fingerprint density at radius 1 is 1.19 bits per heavy atom. The first-order valence-corrected chi connectivity index (χ1v) is 8.84. The molecular weight excluding hydrogens is 284 g/mol. The number of carboxylic acids is 1. The number of nitrogens with zero attached hydrogens (tertiary/aromatic N) is 2. The first-order valence-electron chi connectivity index (χ1n) is 7.97. The third-order valence-electron chi connectivity index (χ3n) is 4.76. The fourth-order valence-corrected chi connectivity index (χ4v) is 4.30. The third kappa shape index (κ3) is 3.84. The minimum absolute atomic E-state index is 0.509. The van der Waals surface area contributed by atoms with Crippen molar-refractivity contribution in [2.24, 2.45) is 5.92 Å². The van der Waals surface area contributed by atoms with E-state index < -0.39 is 5.97 Å². The molecule has 116 valence electrons. The fourth-order valence-electron chi connectivity index (χ4n) is 3.55. The number of rotatable bonds is 5. The topological polar surface area (TPSA) is 43.8 Å². The number of aromatic carboxylic acids is 1. The van der Waals surface area contributed by atoms with Crippen LogP contribution >= 0.6 is 11.3 Å². The maximum Gasteiger partial charge on any atom is 0.346 e. The number of thiophene rings is 1. The van der Waals surface area contributed by atoms with E-state index in [0.29, 0.717) is 4.88 Å². The van der Waals surface area contributed by atoms with Crippen molar-refractivity contribution in [2.75, 3.05) is 32.7 Å². The van der Waals surface area contributed by atoms with Crippen LogP contribution in [-0.4, -0.2) is 53.6 Å². The lowest BCUT2D eigenvalue weighted by molar-refractivity contribution is 0.0699. The van der Waals surface area contributed by atoms with Crippen molar-refractivity contribution in [3.05, 3.63) is 21.9 Å². The van der Waals surface area contributed by atoms with E-state index in [1.807, 2.05) is 11.4 Å². The highest BCUT2D eigenvalue weighted by molar-refractivity contribution is 7.12. The van der Waals surface area contributed by atoms with Gasteiger partial charge in [0.2, 0.25) is 0 Å². The van der Waals surface area contributed by atoms with E-state index in [1.54, 1.807) is 0 Å². The van der Waals surface area contributed by atoms with E-state index in [1.165, 1.54) is 56.7 Å². The predicted octanol–water partition coefficient (Wildman–Crippen LogP) is 2.75. The first-order chi connectivity index (χ1) is 10.2. The lowest BCUT2D eigenvalue weighted by Gasteiger charge is -2.33. The molecular formula is C16H24N2O2S. The molecule has 5 heteroatoms. The fraction of sp³-hybridized carbons (Fsp3) is 0.688. The lowest BCUT2D eigenvalue weighted by atomic mass is 9.96. The number of piperidine rings is 1. The van der Waals surface area contributed by atoms with E-state index in [9.17, 15) is 9.90 Å². The summed E-state index contributed by atoms with van der Waals surface area (Å²) in [6, 6.07) is 1.96. The van der Waals surface area contributed by atoms with Gasteiger partial charge in [-0.3, -0.25) is 4.90 Å². The van der Waals surface area contributed by atoms with Crippen molar-refractivity contribution >= 4 is 17.3 Å². The van der Waals surface area contributed by atoms with E-state index in [0.717, 1.165) is 31.1 Å². The molecule has 0 unspecified atom stereocenters. The maximum atomic E-state index is 11.2. The standard InChI is InChI=1S/C16H24N2O2S/c19-16(20)15-14(5-10-21-15)12-18-8-3-13(4-9-18)11-17-6-1-2-7-17/h5,10,13H,1-4,6-9,11-12H2,(H,19,20). The van der Waals surface area contributed by atoms with Crippen LogP contribution in [0.25, 0.3) is 0 Å². The Balaban J connectivity index is 1.47. The van der Waals surface area contributed by atoms with Gasteiger partial charge in [0.15, 0.2) is 0 Å². The first kappa shape index (κ1) is 15.0. The molecule has 21 heavy (non-hydrogen) atoms. The molecule has 0 spiro atoms. The molecule has 1 aromatic heterocycles. The van der Waals surface area contributed by atoms with Crippen LogP contribution < -0.4 is 0 Å². The van der Waals surface area contributed by atoms with Gasteiger partial charge in [0.1, 0.15) is 4.88 Å². The lowest BCUT2D eigenvalue weighted by Crippen LogP contribution is -2.37. The number of hydrogen-bond acceptors (Lipinski definition) is 4. The van der Waals surface area contributed by atoms with Gasteiger partial charge in [0, 0.05) is 13.1 Å². The van der Waals surface area contributed by atoms with Crippen LogP contribution in [-0.2, 0) is 6.54 Å². The third-order valence-corrected chi connectivity index (χ3v) is 5.70. The molecule has 2 fully saturated rings. The minimum atomic E-state index is -0.788. The molecule has 2 saturated heterocycles. The van der Waals surface area contributed by atoms with Gasteiger partial charge < -0.3 is 10.0 Å². The quantitative estimate of drug-likeness (QED) is 0.908. The molecule has 0 aromatic carbocycles. The van der Waals surface area contributed by atoms with Crippen molar-refractivity contribution in [1.29, 1.82) is 0 Å². The number of hydrogen-bond donors (Lipinski definition) is 1. The van der Waals surface area contributed by atoms with Crippen LogP contribution in [0.2, 0.25) is 0 Å². The second-order valence-electron chi connectivity index (χ2n) is 6.31. The number of carboxylic acid groups (broad SMARTS) is 1. The molecule has 2 aliphatic rings. The van der Waals surface area contributed by atoms with Crippen molar-refractivity contribution in [3.8, 4) is 0 Å². The van der Waals surface area contributed by atoms with Crippen LogP contribution in [0.3, 0.4) is 0 Å². The Labute approximate surface area is 130 Å². The van der Waals surface area contributed by atoms with Crippen LogP contribution in [0.15, 0.2) is 11.4 Å². The molecule has 1 N–H and O–H groups in total. The molecule has 0 radical (unpaired) electrons. The summed E-state index contributed by atoms with van der Waals surface area (Å²) in [6.07, 6.45) is 5.25. The summed E-state index contributed by atoms with van der Waals surface area (Å²) in [5.74, 6) is 0.0460. The summed E-state index contributed by atoms with van der Waals surface area (Å²) in [5.41, 5.74) is 0.977. The summed E-state index contributed by atoms with van der Waals surface area (Å²) in [4.78, 5) is 16.7. The summed E-state index contributed by atoms with van der Waals surface area (Å²) < 4.78 is 0. The normalized spacial score (nSPS) is 21.9. The Morgan fingerprint density at radius 3 is 2.57 bits per heavy atom. The smallest absolute Gasteiger partial charge is 0.346 e. The van der Waals surface area contributed by atoms with Crippen molar-refractivity contribution in [3.63, 3.8) is 0 Å². The van der Waals surface area contributed by atoms with Crippen LogP contribution in [0.4, 0.5) is 0 Å². The highest BCUT2D eigenvalue weighted by Gasteiger charge is 2.24. The molecule has 0 bridgehead atoms. The summed E-state index contributed by atoms with van der Waals surface area (Å²) in [5, 5.41) is 11.1. The molecule has 4 nitrogen and oxygen atoms in total. The van der Waals surface area contributed by atoms with Gasteiger partial charge in [0.05, 0.1) is 0 Å². The Bertz CT molecular complexity index is 474. The number of likely N-dealkylation sites (tertiary alicyclic amines) is 2. The van der Waals surface area contributed by atoms with E-state index in [2.05, 4.69) is 9.80 Å². The second-order valence-corrected chi connectivity index (χ2v) is 7.22. The predicted molar refractivity (Wildman–Crippen MR) is 85.0 cm³/mol. The maximum absolute atomic E-state index is 11.2. The van der Waals surface area contributed by atoms with Crippen molar-refractivity contribution in [1.82, 2.24) is 9.80 Å². The van der Waals surface area contributed by atoms with E-state index >= 15 is 0 Å². The van der Waals surface area contributed by atoms with Gasteiger partial charge in [-0.1, -0.05) is 0 Å². The Morgan fingerprint density at radius 2 is 1.90 bits per heavy atom. The molecule has 1 aromatic rings. The zero-order valence-corrected chi connectivity index (χ0v) is 13.3. The molecule has 0 atom stereocenters. The molecule has 0 saturated carbocycles. The van der Waals surface area contributed by atoms with Gasteiger partial charge in [-0.05, 0) is 74.8 Å². The van der Waals surface area contributed by atoms with Crippen LogP contribution in [0, 0.1) is 5.92 Å². The van der Waals surface area contributed by atoms with Gasteiger partial charge in [0.25, 0.3) is 0 Å². The van der Waals surface area contributed by atoms with Gasteiger partial charge in [-0.15, -0.1) is 11.3 Å². The van der Waals surface area contributed by atoms with E-state index in [-0.39, 0.29) is 0 Å². The monoisotopic (exact) mass is 308 g/mol. The average molecular weight is 308 g/mol. The molecule has 3 heterocycles. The SMILES string of the molecule is O=C(O)c1sccc1CN1CCC(CN2CCCC2)CC1. The zero-order chi connectivity index (χ0) is 14.7. The largest absolute Gasteiger partial charge is 0.477 e. The average Bonchev–Trinajstić information content (AvgIpc) is 3.12. The molecule has 3 rings (SSSR count). The van der Waals surface area contributed by atoms with Crippen LogP contribution in [0.5, 0.6) is 0 Å². The Hall–Kier alpha value is -0.910. The zero-order valence-electron chi connectivity index (χ0n) is 12.5. The highest BCUT2D eigenvalue weighted by atomic mass is 32.1. The molecule has 0 aliphatic carbocycles. The molecule has 2 aliphatic heterocycles. The van der Waals surface area contributed by atoms with E-state index in [4.69, 9.17) is 0 Å². The van der Waals surface area contributed by atoms with Gasteiger partial charge in [-0.25, -0.2) is 4.79 Å². The Kier molecular flexibility index (Phi) is 4.93. The summed E-state index contributed by atoms with van der Waals surface area (Å²) >= 11 is 1.34. The summed E-state index contributed by atoms with van der Waals surface area (Å²) in [7, 11) is 0. The highest BCUT2D eigenvalue weighted by Crippen LogP contribution is 2.24. The van der Waals surface area contributed by atoms with Gasteiger partial charge in [-0.2, -0.15) is 0 Å². The van der Waals surface area contributed by atoms with Crippen LogP contribution in [0.1, 0.15) is 40.9 Å². The number of carbonyl (C=O) groups is 1. The molecule has 0 amide bonds. The second kappa shape index (κ2) is 6.90. The van der Waals surface area contributed by atoms with Gasteiger partial charge >= 0.3 is 5.97 Å². The van der Waals surface area contributed by atoms with Crippen molar-refractivity contribution < 1.29 is 9.90 Å².